The lowest BCUT2D eigenvalue weighted by molar-refractivity contribution is 0.417. The van der Waals surface area contributed by atoms with E-state index in [1.54, 1.807) is 30.6 Å². The van der Waals surface area contributed by atoms with Crippen molar-refractivity contribution in [3.8, 4) is 5.75 Å². The van der Waals surface area contributed by atoms with Gasteiger partial charge < -0.3 is 9.72 Å². The van der Waals surface area contributed by atoms with Crippen molar-refractivity contribution >= 4 is 27.1 Å². The first kappa shape index (κ1) is 16.3. The lowest BCUT2D eigenvalue weighted by Gasteiger charge is -2.13. The largest absolute Gasteiger partial charge is 0.495 e. The molecular formula is C18H16N4O3S. The second-order valence-electron chi connectivity index (χ2n) is 5.76. The molecule has 0 saturated carbocycles. The smallest absolute Gasteiger partial charge is 0.277 e. The summed E-state index contributed by atoms with van der Waals surface area (Å²) in [6.45, 7) is 0. The van der Waals surface area contributed by atoms with E-state index in [2.05, 4.69) is 19.7 Å². The predicted molar refractivity (Wildman–Crippen MR) is 98.7 cm³/mol. The number of benzene rings is 1. The molecular weight excluding hydrogens is 352 g/mol. The Morgan fingerprint density at radius 1 is 1.19 bits per heavy atom. The molecule has 1 aliphatic heterocycles. The van der Waals surface area contributed by atoms with Gasteiger partial charge in [-0.05, 0) is 48.0 Å². The van der Waals surface area contributed by atoms with Gasteiger partial charge in [0.15, 0.2) is 5.03 Å². The lowest BCUT2D eigenvalue weighted by Crippen LogP contribution is -2.14. The molecule has 0 saturated heterocycles. The van der Waals surface area contributed by atoms with Gasteiger partial charge in [0.05, 0.1) is 29.9 Å². The molecule has 7 nitrogen and oxygen atoms in total. The third-order valence-corrected chi connectivity index (χ3v) is 5.41. The number of hydrogen-bond acceptors (Lipinski definition) is 5. The quantitative estimate of drug-likeness (QED) is 0.724. The average molecular weight is 368 g/mol. The highest BCUT2D eigenvalue weighted by Crippen LogP contribution is 2.31. The first-order valence-corrected chi connectivity index (χ1v) is 9.41. The molecule has 0 unspecified atom stereocenters. The van der Waals surface area contributed by atoms with E-state index in [0.29, 0.717) is 17.9 Å². The molecule has 1 aromatic carbocycles. The maximum Gasteiger partial charge on any atom is 0.277 e. The minimum absolute atomic E-state index is 0.0831. The zero-order valence-corrected chi connectivity index (χ0v) is 14.7. The summed E-state index contributed by atoms with van der Waals surface area (Å²) in [6.07, 6.45) is 3.90. The minimum atomic E-state index is -3.73. The molecule has 2 aromatic heterocycles. The van der Waals surface area contributed by atoms with Crippen LogP contribution in [0.4, 0.5) is 11.4 Å². The molecule has 0 atom stereocenters. The van der Waals surface area contributed by atoms with E-state index in [0.717, 1.165) is 22.7 Å². The molecule has 0 amide bonds. The van der Waals surface area contributed by atoms with E-state index in [-0.39, 0.29) is 5.03 Å². The number of sulfonamides is 1. The van der Waals surface area contributed by atoms with Crippen LogP contribution in [0.2, 0.25) is 0 Å². The molecule has 8 heteroatoms. The van der Waals surface area contributed by atoms with Crippen LogP contribution in [0.5, 0.6) is 5.75 Å². The Balaban J connectivity index is 1.69. The van der Waals surface area contributed by atoms with Gasteiger partial charge in [0, 0.05) is 18.8 Å². The highest BCUT2D eigenvalue weighted by molar-refractivity contribution is 7.92. The first-order chi connectivity index (χ1) is 12.6. The van der Waals surface area contributed by atoms with E-state index in [1.807, 2.05) is 18.2 Å². The van der Waals surface area contributed by atoms with Gasteiger partial charge in [-0.3, -0.25) is 14.7 Å². The Bertz CT molecular complexity index is 1090. The van der Waals surface area contributed by atoms with Gasteiger partial charge in [-0.1, -0.05) is 0 Å². The second kappa shape index (κ2) is 6.30. The SMILES string of the molecule is COc1ccc(C2=Nc3cccnc3C2)cc1NS(=O)(=O)c1ccc[nH]1. The van der Waals surface area contributed by atoms with Crippen molar-refractivity contribution in [1.82, 2.24) is 9.97 Å². The number of aromatic amines is 1. The van der Waals surface area contributed by atoms with Crippen LogP contribution in [-0.4, -0.2) is 31.2 Å². The molecule has 26 heavy (non-hydrogen) atoms. The van der Waals surface area contributed by atoms with Crippen molar-refractivity contribution in [1.29, 1.82) is 0 Å². The summed E-state index contributed by atoms with van der Waals surface area (Å²) in [5.74, 6) is 0.429. The molecule has 4 rings (SSSR count). The van der Waals surface area contributed by atoms with E-state index < -0.39 is 10.0 Å². The normalized spacial score (nSPS) is 13.2. The number of ether oxygens (including phenoxy) is 1. The number of hydrogen-bond donors (Lipinski definition) is 2. The number of methoxy groups -OCH3 is 1. The number of nitrogens with one attached hydrogen (secondary N) is 2. The van der Waals surface area contributed by atoms with Crippen LogP contribution in [0.25, 0.3) is 0 Å². The van der Waals surface area contributed by atoms with Crippen LogP contribution in [0.3, 0.4) is 0 Å². The zero-order valence-electron chi connectivity index (χ0n) is 13.9. The predicted octanol–water partition coefficient (Wildman–Crippen LogP) is 2.90. The molecule has 3 aromatic rings. The number of fused-ring (bicyclic) bond motifs is 1. The average Bonchev–Trinajstić information content (AvgIpc) is 3.31. The van der Waals surface area contributed by atoms with Crippen LogP contribution in [0.15, 0.2) is 64.9 Å². The van der Waals surface area contributed by atoms with Crippen molar-refractivity contribution in [3.63, 3.8) is 0 Å². The fourth-order valence-corrected chi connectivity index (χ4v) is 3.87. The van der Waals surface area contributed by atoms with E-state index >= 15 is 0 Å². The number of rotatable bonds is 5. The third-order valence-electron chi connectivity index (χ3n) is 4.09. The van der Waals surface area contributed by atoms with Gasteiger partial charge in [0.1, 0.15) is 5.75 Å². The minimum Gasteiger partial charge on any atom is -0.495 e. The highest BCUT2D eigenvalue weighted by Gasteiger charge is 2.21. The number of aromatic nitrogens is 2. The van der Waals surface area contributed by atoms with Gasteiger partial charge in [0.25, 0.3) is 10.0 Å². The second-order valence-corrected chi connectivity index (χ2v) is 7.41. The Hall–Kier alpha value is -3.13. The first-order valence-electron chi connectivity index (χ1n) is 7.93. The number of H-pyrrole nitrogens is 1. The maximum absolute atomic E-state index is 12.5. The Labute approximate surface area is 150 Å². The van der Waals surface area contributed by atoms with E-state index in [9.17, 15) is 8.42 Å². The molecule has 3 heterocycles. The van der Waals surface area contributed by atoms with Gasteiger partial charge >= 0.3 is 0 Å². The number of pyridine rings is 1. The topological polar surface area (TPSA) is 96.4 Å². The van der Waals surface area contributed by atoms with Gasteiger partial charge in [-0.2, -0.15) is 8.42 Å². The van der Waals surface area contributed by atoms with Crippen LogP contribution in [0, 0.1) is 0 Å². The Morgan fingerprint density at radius 2 is 2.08 bits per heavy atom. The van der Waals surface area contributed by atoms with Crippen molar-refractivity contribution < 1.29 is 13.2 Å². The van der Waals surface area contributed by atoms with Crippen LogP contribution in [0.1, 0.15) is 11.3 Å². The zero-order chi connectivity index (χ0) is 18.1. The van der Waals surface area contributed by atoms with E-state index in [1.165, 1.54) is 13.2 Å². The summed E-state index contributed by atoms with van der Waals surface area (Å²) < 4.78 is 32.9. The van der Waals surface area contributed by atoms with Gasteiger partial charge in [-0.25, -0.2) is 0 Å². The van der Waals surface area contributed by atoms with Crippen molar-refractivity contribution in [2.24, 2.45) is 4.99 Å². The molecule has 1 aliphatic rings. The fraction of sp³-hybridized carbons (Fsp3) is 0.111. The Morgan fingerprint density at radius 3 is 2.81 bits per heavy atom. The van der Waals surface area contributed by atoms with E-state index in [4.69, 9.17) is 4.74 Å². The molecule has 2 N–H and O–H groups in total. The lowest BCUT2D eigenvalue weighted by atomic mass is 10.1. The van der Waals surface area contributed by atoms with Crippen LogP contribution < -0.4 is 9.46 Å². The Kier molecular flexibility index (Phi) is 3.96. The maximum atomic E-state index is 12.5. The molecule has 0 radical (unpaired) electrons. The number of aliphatic imine (C=N–C) groups is 1. The van der Waals surface area contributed by atoms with Gasteiger partial charge in [-0.15, -0.1) is 0 Å². The molecule has 0 aliphatic carbocycles. The summed E-state index contributed by atoms with van der Waals surface area (Å²) in [6, 6.07) is 12.2. The summed E-state index contributed by atoms with van der Waals surface area (Å²) in [4.78, 5) is 11.6. The summed E-state index contributed by atoms with van der Waals surface area (Å²) >= 11 is 0. The third kappa shape index (κ3) is 2.95. The van der Waals surface area contributed by atoms with Crippen molar-refractivity contribution in [2.75, 3.05) is 11.8 Å². The van der Waals surface area contributed by atoms with Crippen LogP contribution in [-0.2, 0) is 16.4 Å². The van der Waals surface area contributed by atoms with Crippen molar-refractivity contribution in [3.05, 3.63) is 66.1 Å². The number of nitrogens with zero attached hydrogens (tertiary/aromatic N) is 2. The molecule has 0 fully saturated rings. The molecule has 0 spiro atoms. The standard InChI is InChI=1S/C18H16N4O3S/c1-25-17-7-6-12(14-11-15-13(21-14)4-2-8-19-15)10-16(17)22-26(23,24)18-5-3-9-20-18/h2-10,20,22H,11H2,1H3. The van der Waals surface area contributed by atoms with Gasteiger partial charge in [0.2, 0.25) is 0 Å². The monoisotopic (exact) mass is 368 g/mol. The summed E-state index contributed by atoms with van der Waals surface area (Å²) in [5.41, 5.74) is 3.75. The highest BCUT2D eigenvalue weighted by atomic mass is 32.2. The summed E-state index contributed by atoms with van der Waals surface area (Å²) in [7, 11) is -2.24. The molecule has 0 bridgehead atoms. The molecule has 132 valence electrons. The van der Waals surface area contributed by atoms with Crippen molar-refractivity contribution in [2.45, 2.75) is 11.4 Å². The number of anilines is 1. The fourth-order valence-electron chi connectivity index (χ4n) is 2.83. The van der Waals surface area contributed by atoms with Crippen LogP contribution >= 0.6 is 0 Å². The summed E-state index contributed by atoms with van der Waals surface area (Å²) in [5, 5.41) is 0.0831.